The van der Waals surface area contributed by atoms with Crippen LogP contribution in [-0.2, 0) is 4.79 Å². The Kier molecular flexibility index (Phi) is 4.69. The van der Waals surface area contributed by atoms with Crippen LogP contribution in [0, 0.1) is 5.92 Å². The number of aromatic nitrogens is 2. The van der Waals surface area contributed by atoms with E-state index >= 15 is 0 Å². The van der Waals surface area contributed by atoms with Crippen molar-refractivity contribution in [1.82, 2.24) is 9.97 Å². The standard InChI is InChI=1S/C15H16ClN3O/c1-10(2)14(11-4-3-5-12(16)8-11)15(20)19-13-9-17-6-7-18-13/h3-10,14H,1-2H3,(H,18,19,20). The number of amides is 1. The highest BCUT2D eigenvalue weighted by atomic mass is 35.5. The van der Waals surface area contributed by atoms with E-state index in [1.54, 1.807) is 18.5 Å². The zero-order chi connectivity index (χ0) is 14.5. The summed E-state index contributed by atoms with van der Waals surface area (Å²) in [6, 6.07) is 7.38. The van der Waals surface area contributed by atoms with Crippen molar-refractivity contribution in [3.05, 3.63) is 53.4 Å². The molecule has 1 amide bonds. The summed E-state index contributed by atoms with van der Waals surface area (Å²) < 4.78 is 0. The number of anilines is 1. The lowest BCUT2D eigenvalue weighted by Crippen LogP contribution is -2.25. The highest BCUT2D eigenvalue weighted by molar-refractivity contribution is 6.30. The van der Waals surface area contributed by atoms with Gasteiger partial charge < -0.3 is 5.32 Å². The van der Waals surface area contributed by atoms with Gasteiger partial charge >= 0.3 is 0 Å². The van der Waals surface area contributed by atoms with Gasteiger partial charge in [-0.2, -0.15) is 0 Å². The first-order chi connectivity index (χ1) is 9.58. The minimum absolute atomic E-state index is 0.109. The minimum Gasteiger partial charge on any atom is -0.309 e. The SMILES string of the molecule is CC(C)C(C(=O)Nc1cnccn1)c1cccc(Cl)c1. The molecule has 4 nitrogen and oxygen atoms in total. The minimum atomic E-state index is -0.282. The molecule has 0 aliphatic heterocycles. The van der Waals surface area contributed by atoms with E-state index < -0.39 is 0 Å². The van der Waals surface area contributed by atoms with Crippen LogP contribution in [0.2, 0.25) is 5.02 Å². The van der Waals surface area contributed by atoms with Gasteiger partial charge in [-0.15, -0.1) is 0 Å². The molecule has 104 valence electrons. The lowest BCUT2D eigenvalue weighted by molar-refractivity contribution is -0.118. The van der Waals surface area contributed by atoms with Gasteiger partial charge in [-0.25, -0.2) is 4.98 Å². The van der Waals surface area contributed by atoms with Gasteiger partial charge in [0, 0.05) is 17.4 Å². The number of nitrogens with zero attached hydrogens (tertiary/aromatic N) is 2. The van der Waals surface area contributed by atoms with Gasteiger partial charge in [0.05, 0.1) is 12.1 Å². The molecule has 0 spiro atoms. The summed E-state index contributed by atoms with van der Waals surface area (Å²) >= 11 is 6.00. The molecule has 1 N–H and O–H groups in total. The number of benzene rings is 1. The molecule has 0 fully saturated rings. The fourth-order valence-electron chi connectivity index (χ4n) is 2.11. The first kappa shape index (κ1) is 14.5. The van der Waals surface area contributed by atoms with Gasteiger partial charge in [-0.05, 0) is 23.6 Å². The fourth-order valence-corrected chi connectivity index (χ4v) is 2.31. The van der Waals surface area contributed by atoms with Crippen LogP contribution in [0.3, 0.4) is 0 Å². The number of carbonyl (C=O) groups excluding carboxylic acids is 1. The molecule has 1 atom stereocenters. The van der Waals surface area contributed by atoms with Gasteiger partial charge in [-0.1, -0.05) is 37.6 Å². The lowest BCUT2D eigenvalue weighted by Gasteiger charge is -2.20. The summed E-state index contributed by atoms with van der Waals surface area (Å²) in [5.74, 6) is 0.203. The maximum absolute atomic E-state index is 12.4. The van der Waals surface area contributed by atoms with Crippen LogP contribution in [0.25, 0.3) is 0 Å². The average Bonchev–Trinajstić information content (AvgIpc) is 2.39. The van der Waals surface area contributed by atoms with Crippen molar-refractivity contribution in [3.63, 3.8) is 0 Å². The van der Waals surface area contributed by atoms with E-state index in [0.29, 0.717) is 10.8 Å². The predicted molar refractivity (Wildman–Crippen MR) is 79.7 cm³/mol. The van der Waals surface area contributed by atoms with E-state index in [4.69, 9.17) is 11.6 Å². The zero-order valence-corrected chi connectivity index (χ0v) is 12.1. The van der Waals surface area contributed by atoms with Crippen LogP contribution in [0.15, 0.2) is 42.9 Å². The van der Waals surface area contributed by atoms with Crippen LogP contribution >= 0.6 is 11.6 Å². The van der Waals surface area contributed by atoms with Crippen molar-refractivity contribution in [1.29, 1.82) is 0 Å². The summed E-state index contributed by atoms with van der Waals surface area (Å²) in [7, 11) is 0. The van der Waals surface area contributed by atoms with E-state index in [0.717, 1.165) is 5.56 Å². The van der Waals surface area contributed by atoms with Crippen molar-refractivity contribution in [2.24, 2.45) is 5.92 Å². The largest absolute Gasteiger partial charge is 0.309 e. The topological polar surface area (TPSA) is 54.9 Å². The van der Waals surface area contributed by atoms with Crippen LogP contribution in [0.4, 0.5) is 5.82 Å². The Morgan fingerprint density at radius 1 is 1.30 bits per heavy atom. The second-order valence-electron chi connectivity index (χ2n) is 4.86. The highest BCUT2D eigenvalue weighted by Gasteiger charge is 2.24. The van der Waals surface area contributed by atoms with Crippen LogP contribution in [0.1, 0.15) is 25.3 Å². The van der Waals surface area contributed by atoms with E-state index in [9.17, 15) is 4.79 Å². The van der Waals surface area contributed by atoms with Crippen molar-refractivity contribution in [2.75, 3.05) is 5.32 Å². The van der Waals surface area contributed by atoms with E-state index in [2.05, 4.69) is 15.3 Å². The molecule has 0 aliphatic rings. The molecule has 2 rings (SSSR count). The quantitative estimate of drug-likeness (QED) is 0.937. The molecule has 0 saturated carbocycles. The smallest absolute Gasteiger partial charge is 0.233 e. The summed E-state index contributed by atoms with van der Waals surface area (Å²) in [5.41, 5.74) is 0.897. The van der Waals surface area contributed by atoms with Gasteiger partial charge in [0.15, 0.2) is 5.82 Å². The zero-order valence-electron chi connectivity index (χ0n) is 11.4. The third kappa shape index (κ3) is 3.54. The van der Waals surface area contributed by atoms with E-state index in [1.807, 2.05) is 32.0 Å². The van der Waals surface area contributed by atoms with Crippen molar-refractivity contribution >= 4 is 23.3 Å². The first-order valence-electron chi connectivity index (χ1n) is 6.40. The highest BCUT2D eigenvalue weighted by Crippen LogP contribution is 2.27. The fraction of sp³-hybridized carbons (Fsp3) is 0.267. The Bertz CT molecular complexity index is 587. The van der Waals surface area contributed by atoms with Gasteiger partial charge in [0.25, 0.3) is 0 Å². The van der Waals surface area contributed by atoms with Gasteiger partial charge in [0.2, 0.25) is 5.91 Å². The molecule has 0 aliphatic carbocycles. The third-order valence-electron chi connectivity index (χ3n) is 2.97. The Balaban J connectivity index is 2.23. The monoisotopic (exact) mass is 289 g/mol. The number of halogens is 1. The normalized spacial score (nSPS) is 12.2. The Morgan fingerprint density at radius 2 is 2.10 bits per heavy atom. The number of nitrogens with one attached hydrogen (secondary N) is 1. The number of carbonyl (C=O) groups is 1. The molecule has 0 radical (unpaired) electrons. The number of hydrogen-bond donors (Lipinski definition) is 1. The van der Waals surface area contributed by atoms with Gasteiger partial charge in [0.1, 0.15) is 0 Å². The van der Waals surface area contributed by atoms with Crippen LogP contribution in [-0.4, -0.2) is 15.9 Å². The van der Waals surface area contributed by atoms with Crippen molar-refractivity contribution in [3.8, 4) is 0 Å². The summed E-state index contributed by atoms with van der Waals surface area (Å²) in [6.45, 7) is 4.00. The number of hydrogen-bond acceptors (Lipinski definition) is 3. The molecular formula is C15H16ClN3O. The first-order valence-corrected chi connectivity index (χ1v) is 6.78. The van der Waals surface area contributed by atoms with E-state index in [-0.39, 0.29) is 17.7 Å². The molecule has 20 heavy (non-hydrogen) atoms. The second-order valence-corrected chi connectivity index (χ2v) is 5.29. The summed E-state index contributed by atoms with van der Waals surface area (Å²) in [5, 5.41) is 3.41. The molecule has 2 aromatic rings. The summed E-state index contributed by atoms with van der Waals surface area (Å²) in [6.07, 6.45) is 4.62. The van der Waals surface area contributed by atoms with Crippen molar-refractivity contribution in [2.45, 2.75) is 19.8 Å². The van der Waals surface area contributed by atoms with Crippen LogP contribution in [0.5, 0.6) is 0 Å². The van der Waals surface area contributed by atoms with Gasteiger partial charge in [-0.3, -0.25) is 9.78 Å². The molecule has 1 aromatic carbocycles. The number of rotatable bonds is 4. The van der Waals surface area contributed by atoms with Crippen LogP contribution < -0.4 is 5.32 Å². The lowest BCUT2D eigenvalue weighted by atomic mass is 9.87. The molecular weight excluding hydrogens is 274 g/mol. The maximum Gasteiger partial charge on any atom is 0.233 e. The second kappa shape index (κ2) is 6.48. The molecule has 1 unspecified atom stereocenters. The Hall–Kier alpha value is -1.94. The Morgan fingerprint density at radius 3 is 2.70 bits per heavy atom. The predicted octanol–water partition coefficient (Wildman–Crippen LogP) is 3.51. The molecule has 1 aromatic heterocycles. The molecule has 0 saturated heterocycles. The maximum atomic E-state index is 12.4. The summed E-state index contributed by atoms with van der Waals surface area (Å²) in [4.78, 5) is 20.4. The third-order valence-corrected chi connectivity index (χ3v) is 3.21. The molecule has 5 heteroatoms. The van der Waals surface area contributed by atoms with Crippen molar-refractivity contribution < 1.29 is 4.79 Å². The average molecular weight is 290 g/mol. The Labute approximate surface area is 123 Å². The molecule has 1 heterocycles. The molecule has 0 bridgehead atoms. The van der Waals surface area contributed by atoms with E-state index in [1.165, 1.54) is 6.20 Å².